The van der Waals surface area contributed by atoms with E-state index in [9.17, 15) is 14.4 Å². The van der Waals surface area contributed by atoms with Crippen molar-refractivity contribution in [3.63, 3.8) is 0 Å². The van der Waals surface area contributed by atoms with Crippen molar-refractivity contribution < 1.29 is 28.3 Å². The van der Waals surface area contributed by atoms with E-state index in [-0.39, 0.29) is 24.1 Å². The number of esters is 1. The van der Waals surface area contributed by atoms with E-state index in [1.807, 2.05) is 0 Å². The molecule has 0 bridgehead atoms. The number of morpholine rings is 1. The van der Waals surface area contributed by atoms with Crippen molar-refractivity contribution in [2.24, 2.45) is 0 Å². The van der Waals surface area contributed by atoms with Crippen molar-refractivity contribution in [1.82, 2.24) is 4.90 Å². The molecule has 1 fully saturated rings. The summed E-state index contributed by atoms with van der Waals surface area (Å²) in [6, 6.07) is 10.0. The van der Waals surface area contributed by atoms with Crippen LogP contribution in [-0.2, 0) is 14.3 Å². The average molecular weight is 357 g/mol. The molecule has 0 unspecified atom stereocenters. The molecule has 3 rings (SSSR count). The van der Waals surface area contributed by atoms with Crippen LogP contribution in [0.25, 0.3) is 11.3 Å². The fraction of sp³-hybridized carbons (Fsp3) is 0.316. The number of benzene rings is 1. The average Bonchev–Trinajstić information content (AvgIpc) is 3.17. The lowest BCUT2D eigenvalue weighted by Crippen LogP contribution is -2.42. The molecule has 136 valence electrons. The van der Waals surface area contributed by atoms with Crippen LogP contribution in [0, 0.1) is 0 Å². The van der Waals surface area contributed by atoms with Crippen LogP contribution >= 0.6 is 0 Å². The summed E-state index contributed by atoms with van der Waals surface area (Å²) in [4.78, 5) is 36.9. The highest BCUT2D eigenvalue weighted by Crippen LogP contribution is 2.23. The number of furan rings is 1. The van der Waals surface area contributed by atoms with Gasteiger partial charge in [0.2, 0.25) is 5.76 Å². The molecular formula is C19H19NO6. The van der Waals surface area contributed by atoms with Gasteiger partial charge in [-0.15, -0.1) is 0 Å². The summed E-state index contributed by atoms with van der Waals surface area (Å²) < 4.78 is 15.7. The maximum Gasteiger partial charge on any atom is 0.374 e. The molecule has 0 aliphatic carbocycles. The Kier molecular flexibility index (Phi) is 5.48. The van der Waals surface area contributed by atoms with E-state index in [1.165, 1.54) is 13.0 Å². The van der Waals surface area contributed by atoms with E-state index in [4.69, 9.17) is 13.9 Å². The fourth-order valence-electron chi connectivity index (χ4n) is 2.57. The lowest BCUT2D eigenvalue weighted by Gasteiger charge is -2.26. The van der Waals surface area contributed by atoms with E-state index in [2.05, 4.69) is 0 Å². The third-order valence-electron chi connectivity index (χ3n) is 4.07. The monoisotopic (exact) mass is 357 g/mol. The molecule has 0 spiro atoms. The van der Waals surface area contributed by atoms with Gasteiger partial charge in [-0.25, -0.2) is 4.79 Å². The van der Waals surface area contributed by atoms with Gasteiger partial charge in [-0.2, -0.15) is 0 Å². The number of ether oxygens (including phenoxy) is 2. The number of Topliss-reactive ketones (excluding diaryl/α,β-unsaturated/α-hetero) is 1. The Morgan fingerprint density at radius 3 is 2.38 bits per heavy atom. The van der Waals surface area contributed by atoms with Gasteiger partial charge in [0.05, 0.1) is 13.2 Å². The number of ketones is 1. The zero-order valence-corrected chi connectivity index (χ0v) is 14.4. The van der Waals surface area contributed by atoms with Crippen LogP contribution in [-0.4, -0.2) is 55.5 Å². The molecule has 1 amide bonds. The Bertz CT molecular complexity index is 802. The minimum atomic E-state index is -0.696. The van der Waals surface area contributed by atoms with E-state index in [1.54, 1.807) is 35.2 Å². The molecule has 0 atom stereocenters. The van der Waals surface area contributed by atoms with Crippen molar-refractivity contribution in [1.29, 1.82) is 0 Å². The summed E-state index contributed by atoms with van der Waals surface area (Å²) in [5.41, 5.74) is 1.33. The molecule has 0 saturated carbocycles. The van der Waals surface area contributed by atoms with Gasteiger partial charge in [-0.05, 0) is 19.1 Å². The van der Waals surface area contributed by atoms with Crippen molar-refractivity contribution in [2.75, 3.05) is 32.9 Å². The number of rotatable bonds is 5. The number of hydrogen-bond donors (Lipinski definition) is 0. The first-order valence-electron chi connectivity index (χ1n) is 8.28. The minimum absolute atomic E-state index is 0.0189. The zero-order valence-electron chi connectivity index (χ0n) is 14.4. The lowest BCUT2D eigenvalue weighted by molar-refractivity contribution is -0.138. The van der Waals surface area contributed by atoms with Gasteiger partial charge in [-0.3, -0.25) is 9.59 Å². The van der Waals surface area contributed by atoms with Crippen LogP contribution in [0.3, 0.4) is 0 Å². The van der Waals surface area contributed by atoms with E-state index < -0.39 is 5.97 Å². The molecule has 1 aliphatic heterocycles. The van der Waals surface area contributed by atoms with Gasteiger partial charge in [-0.1, -0.05) is 24.3 Å². The van der Waals surface area contributed by atoms with Crippen LogP contribution in [0.5, 0.6) is 0 Å². The highest BCUT2D eigenvalue weighted by Gasteiger charge is 2.20. The molecule has 0 N–H and O–H groups in total. The number of nitrogens with zero attached hydrogens (tertiary/aromatic N) is 1. The molecule has 1 saturated heterocycles. The molecule has 1 aromatic carbocycles. The van der Waals surface area contributed by atoms with Gasteiger partial charge in [0.15, 0.2) is 12.4 Å². The molecule has 1 aromatic heterocycles. The topological polar surface area (TPSA) is 86.1 Å². The molecule has 7 heteroatoms. The minimum Gasteiger partial charge on any atom is -0.450 e. The van der Waals surface area contributed by atoms with Gasteiger partial charge in [0.25, 0.3) is 5.91 Å². The molecule has 26 heavy (non-hydrogen) atoms. The highest BCUT2D eigenvalue weighted by atomic mass is 16.5. The number of carbonyl (C=O) groups excluding carboxylic acids is 3. The summed E-state index contributed by atoms with van der Waals surface area (Å²) in [6.45, 7) is 3.14. The second kappa shape index (κ2) is 7.97. The standard InChI is InChI=1S/C19H19NO6/c1-13(21)14-2-4-15(5-3-14)16-6-7-17(26-16)19(23)25-12-18(22)20-8-10-24-11-9-20/h2-7H,8-12H2,1H3. The summed E-state index contributed by atoms with van der Waals surface area (Å²) in [5, 5.41) is 0. The smallest absolute Gasteiger partial charge is 0.374 e. The molecular weight excluding hydrogens is 338 g/mol. The number of carbonyl (C=O) groups is 3. The number of hydrogen-bond acceptors (Lipinski definition) is 6. The van der Waals surface area contributed by atoms with Crippen LogP contribution in [0.1, 0.15) is 27.8 Å². The second-order valence-electron chi connectivity index (χ2n) is 5.87. The van der Waals surface area contributed by atoms with Gasteiger partial charge < -0.3 is 18.8 Å². The van der Waals surface area contributed by atoms with Crippen molar-refractivity contribution in [3.8, 4) is 11.3 Å². The normalized spacial score (nSPS) is 14.1. The Morgan fingerprint density at radius 1 is 1.04 bits per heavy atom. The first kappa shape index (κ1) is 17.9. The SMILES string of the molecule is CC(=O)c1ccc(-c2ccc(C(=O)OCC(=O)N3CCOCC3)o2)cc1. The molecule has 2 aromatic rings. The maximum absolute atomic E-state index is 12.1. The van der Waals surface area contributed by atoms with Gasteiger partial charge >= 0.3 is 5.97 Å². The summed E-state index contributed by atoms with van der Waals surface area (Å²) >= 11 is 0. The molecule has 7 nitrogen and oxygen atoms in total. The third-order valence-corrected chi connectivity index (χ3v) is 4.07. The van der Waals surface area contributed by atoms with E-state index >= 15 is 0 Å². The Morgan fingerprint density at radius 2 is 1.73 bits per heavy atom. The van der Waals surface area contributed by atoms with E-state index in [0.29, 0.717) is 37.6 Å². The van der Waals surface area contributed by atoms with Crippen molar-refractivity contribution >= 4 is 17.7 Å². The predicted molar refractivity (Wildman–Crippen MR) is 91.8 cm³/mol. The molecule has 1 aliphatic rings. The Labute approximate surface area is 150 Å². The van der Waals surface area contributed by atoms with Crippen LogP contribution < -0.4 is 0 Å². The molecule has 0 radical (unpaired) electrons. The highest BCUT2D eigenvalue weighted by molar-refractivity contribution is 5.94. The third kappa shape index (κ3) is 4.18. The van der Waals surface area contributed by atoms with Gasteiger partial charge in [0.1, 0.15) is 5.76 Å². The quantitative estimate of drug-likeness (QED) is 0.602. The first-order valence-corrected chi connectivity index (χ1v) is 8.28. The summed E-state index contributed by atoms with van der Waals surface area (Å²) in [6.07, 6.45) is 0. The summed E-state index contributed by atoms with van der Waals surface area (Å²) in [7, 11) is 0. The summed E-state index contributed by atoms with van der Waals surface area (Å²) in [5.74, 6) is -0.478. The van der Waals surface area contributed by atoms with Crippen LogP contribution in [0.15, 0.2) is 40.8 Å². The molecule has 2 heterocycles. The second-order valence-corrected chi connectivity index (χ2v) is 5.87. The number of amides is 1. The largest absolute Gasteiger partial charge is 0.450 e. The van der Waals surface area contributed by atoms with E-state index in [0.717, 1.165) is 5.56 Å². The Balaban J connectivity index is 1.59. The first-order chi connectivity index (χ1) is 12.5. The zero-order chi connectivity index (χ0) is 18.5. The van der Waals surface area contributed by atoms with Crippen LogP contribution in [0.2, 0.25) is 0 Å². The lowest BCUT2D eigenvalue weighted by atomic mass is 10.1. The maximum atomic E-state index is 12.1. The fourth-order valence-corrected chi connectivity index (χ4v) is 2.57. The van der Waals surface area contributed by atoms with Crippen molar-refractivity contribution in [2.45, 2.75) is 6.92 Å². The van der Waals surface area contributed by atoms with Gasteiger partial charge in [0, 0.05) is 24.2 Å². The predicted octanol–water partition coefficient (Wildman–Crippen LogP) is 2.16. The van der Waals surface area contributed by atoms with Crippen molar-refractivity contribution in [3.05, 3.63) is 47.7 Å². The van der Waals surface area contributed by atoms with Crippen LogP contribution in [0.4, 0.5) is 0 Å². The Hall–Kier alpha value is -2.93.